The van der Waals surface area contributed by atoms with Gasteiger partial charge in [-0.15, -0.1) is 11.8 Å². The van der Waals surface area contributed by atoms with E-state index in [1.54, 1.807) is 5.94 Å². The highest BCUT2D eigenvalue weighted by Gasteiger charge is 1.52. The SMILES string of the molecule is CSC=C=O. The smallest absolute Gasteiger partial charge is 0.131 e. The average molecular weight is 88.1 g/mol. The average Bonchev–Trinajstić information content (AvgIpc) is 1.41. The van der Waals surface area contributed by atoms with Crippen LogP contribution in [-0.2, 0) is 4.79 Å². The molecular weight excluding hydrogens is 84.1 g/mol. The molecule has 0 fully saturated rings. The van der Waals surface area contributed by atoms with Gasteiger partial charge in [0.1, 0.15) is 5.94 Å². The fourth-order valence-electron chi connectivity index (χ4n) is 0.0481. The van der Waals surface area contributed by atoms with Crippen LogP contribution in [0.1, 0.15) is 0 Å². The summed E-state index contributed by atoms with van der Waals surface area (Å²) in [6.07, 6.45) is 1.81. The topological polar surface area (TPSA) is 17.1 Å². The number of carbonyl (C=O) groups excluding carboxylic acids is 1. The summed E-state index contributed by atoms with van der Waals surface area (Å²) in [4.78, 5) is 9.20. The van der Waals surface area contributed by atoms with Gasteiger partial charge in [-0.25, -0.2) is 4.79 Å². The molecule has 0 saturated carbocycles. The van der Waals surface area contributed by atoms with Crippen molar-refractivity contribution in [2.75, 3.05) is 6.26 Å². The van der Waals surface area contributed by atoms with E-state index in [0.29, 0.717) is 0 Å². The van der Waals surface area contributed by atoms with Crippen LogP contribution in [0.2, 0.25) is 0 Å². The molecule has 0 aliphatic heterocycles. The van der Waals surface area contributed by atoms with Crippen LogP contribution in [0, 0.1) is 0 Å². The Hall–Kier alpha value is -0.200. The second kappa shape index (κ2) is 3.80. The van der Waals surface area contributed by atoms with E-state index in [1.165, 1.54) is 17.2 Å². The van der Waals surface area contributed by atoms with Crippen LogP contribution >= 0.6 is 11.8 Å². The lowest BCUT2D eigenvalue weighted by Crippen LogP contribution is -1.39. The molecule has 0 N–H and O–H groups in total. The summed E-state index contributed by atoms with van der Waals surface area (Å²) in [6, 6.07) is 0. The second-order valence-electron chi connectivity index (χ2n) is 0.471. The van der Waals surface area contributed by atoms with E-state index < -0.39 is 0 Å². The molecule has 0 bridgehead atoms. The number of hydrogen-bond donors (Lipinski definition) is 0. The van der Waals surface area contributed by atoms with Crippen molar-refractivity contribution >= 4 is 17.7 Å². The Morgan fingerprint density at radius 3 is 2.60 bits per heavy atom. The van der Waals surface area contributed by atoms with E-state index in [-0.39, 0.29) is 0 Å². The Morgan fingerprint density at radius 1 is 2.00 bits per heavy atom. The maximum absolute atomic E-state index is 9.20. The molecule has 2 heteroatoms. The van der Waals surface area contributed by atoms with Gasteiger partial charge in [-0.2, -0.15) is 0 Å². The predicted molar refractivity (Wildman–Crippen MR) is 23.8 cm³/mol. The Morgan fingerprint density at radius 2 is 2.60 bits per heavy atom. The van der Waals surface area contributed by atoms with Gasteiger partial charge in [-0.3, -0.25) is 0 Å². The molecule has 5 heavy (non-hydrogen) atoms. The van der Waals surface area contributed by atoms with Crippen molar-refractivity contribution in [2.24, 2.45) is 0 Å². The van der Waals surface area contributed by atoms with Crippen LogP contribution < -0.4 is 0 Å². The molecule has 0 aromatic heterocycles. The molecule has 28 valence electrons. The molecule has 0 saturated heterocycles. The van der Waals surface area contributed by atoms with Crippen molar-refractivity contribution in [2.45, 2.75) is 0 Å². The molecule has 0 aliphatic carbocycles. The van der Waals surface area contributed by atoms with Crippen molar-refractivity contribution in [3.05, 3.63) is 5.41 Å². The van der Waals surface area contributed by atoms with Gasteiger partial charge in [-0.05, 0) is 6.26 Å². The molecule has 0 unspecified atom stereocenters. The quantitative estimate of drug-likeness (QED) is 0.439. The molecule has 0 rings (SSSR count). The summed E-state index contributed by atoms with van der Waals surface area (Å²) in [5.74, 6) is 1.61. The molecular formula is C3H4OS. The van der Waals surface area contributed by atoms with Gasteiger partial charge in [0.25, 0.3) is 0 Å². The fourth-order valence-corrected chi connectivity index (χ4v) is 0.144. The standard InChI is InChI=1S/C3H4OS/c1-5-3-2-4/h3H,1H3. The summed E-state index contributed by atoms with van der Waals surface area (Å²) in [6.45, 7) is 0. The van der Waals surface area contributed by atoms with Crippen molar-refractivity contribution in [3.8, 4) is 0 Å². The maximum Gasteiger partial charge on any atom is 0.131 e. The molecule has 0 aromatic rings. The first kappa shape index (κ1) is 4.80. The summed E-state index contributed by atoms with van der Waals surface area (Å²) in [5, 5.41) is 1.36. The van der Waals surface area contributed by atoms with Gasteiger partial charge in [0.15, 0.2) is 0 Å². The zero-order chi connectivity index (χ0) is 4.12. The minimum absolute atomic E-state index is 1.35. The molecule has 0 heterocycles. The van der Waals surface area contributed by atoms with E-state index >= 15 is 0 Å². The highest BCUT2D eigenvalue weighted by Crippen LogP contribution is 1.84. The Labute approximate surface area is 35.1 Å². The third-order valence-corrected chi connectivity index (χ3v) is 0.498. The van der Waals surface area contributed by atoms with Crippen molar-refractivity contribution < 1.29 is 4.79 Å². The molecule has 0 spiro atoms. The Kier molecular flexibility index (Phi) is 3.65. The van der Waals surface area contributed by atoms with Crippen molar-refractivity contribution in [1.82, 2.24) is 0 Å². The lowest BCUT2D eigenvalue weighted by Gasteiger charge is -1.57. The van der Waals surface area contributed by atoms with Gasteiger partial charge in [0.05, 0.1) is 5.41 Å². The van der Waals surface area contributed by atoms with E-state index in [1.807, 2.05) is 6.26 Å². The van der Waals surface area contributed by atoms with Crippen LogP contribution in [0.15, 0.2) is 5.41 Å². The Bertz CT molecular complexity index is 53.9. The molecule has 0 amide bonds. The third kappa shape index (κ3) is 3.80. The summed E-state index contributed by atoms with van der Waals surface area (Å²) < 4.78 is 0. The summed E-state index contributed by atoms with van der Waals surface area (Å²) in [7, 11) is 0. The van der Waals surface area contributed by atoms with Gasteiger partial charge in [0.2, 0.25) is 0 Å². The molecule has 0 aliphatic rings. The first-order valence-electron chi connectivity index (χ1n) is 1.14. The van der Waals surface area contributed by atoms with E-state index in [4.69, 9.17) is 0 Å². The molecule has 0 atom stereocenters. The zero-order valence-corrected chi connectivity index (χ0v) is 3.71. The number of hydrogen-bond acceptors (Lipinski definition) is 2. The van der Waals surface area contributed by atoms with Gasteiger partial charge >= 0.3 is 0 Å². The van der Waals surface area contributed by atoms with E-state index in [2.05, 4.69) is 0 Å². The number of rotatable bonds is 1. The minimum Gasteiger partial charge on any atom is -0.233 e. The lowest BCUT2D eigenvalue weighted by atomic mass is 11.2. The van der Waals surface area contributed by atoms with E-state index in [0.717, 1.165) is 0 Å². The first-order chi connectivity index (χ1) is 2.41. The normalized spacial score (nSPS) is 5.80. The molecule has 0 aromatic carbocycles. The zero-order valence-electron chi connectivity index (χ0n) is 2.89. The van der Waals surface area contributed by atoms with Crippen molar-refractivity contribution in [1.29, 1.82) is 0 Å². The molecule has 0 radical (unpaired) electrons. The monoisotopic (exact) mass is 88.0 g/mol. The third-order valence-electron chi connectivity index (χ3n) is 0.166. The van der Waals surface area contributed by atoms with Crippen LogP contribution in [0.4, 0.5) is 0 Å². The van der Waals surface area contributed by atoms with Gasteiger partial charge in [0, 0.05) is 0 Å². The molecule has 1 nitrogen and oxygen atoms in total. The van der Waals surface area contributed by atoms with Gasteiger partial charge in [-0.1, -0.05) is 0 Å². The highest BCUT2D eigenvalue weighted by molar-refractivity contribution is 8.01. The summed E-state index contributed by atoms with van der Waals surface area (Å²) >= 11 is 1.35. The summed E-state index contributed by atoms with van der Waals surface area (Å²) in [5.41, 5.74) is 0. The fraction of sp³-hybridized carbons (Fsp3) is 0.333. The predicted octanol–water partition coefficient (Wildman–Crippen LogP) is 0.695. The largest absolute Gasteiger partial charge is 0.233 e. The minimum atomic E-state index is 1.35. The van der Waals surface area contributed by atoms with Gasteiger partial charge < -0.3 is 0 Å². The van der Waals surface area contributed by atoms with Crippen LogP contribution in [0.5, 0.6) is 0 Å². The van der Waals surface area contributed by atoms with Crippen molar-refractivity contribution in [3.63, 3.8) is 0 Å². The lowest BCUT2D eigenvalue weighted by molar-refractivity contribution is 0.569. The van der Waals surface area contributed by atoms with Crippen LogP contribution in [-0.4, -0.2) is 12.2 Å². The van der Waals surface area contributed by atoms with Crippen LogP contribution in [0.25, 0.3) is 0 Å². The van der Waals surface area contributed by atoms with E-state index in [9.17, 15) is 4.79 Å². The highest BCUT2D eigenvalue weighted by atomic mass is 32.2. The first-order valence-corrected chi connectivity index (χ1v) is 2.42. The number of thioether (sulfide) groups is 1. The Balaban J connectivity index is 2.93. The van der Waals surface area contributed by atoms with Crippen LogP contribution in [0.3, 0.4) is 0 Å². The maximum atomic E-state index is 9.20. The second-order valence-corrected chi connectivity index (χ2v) is 1.18.